The highest BCUT2D eigenvalue weighted by Crippen LogP contribution is 2.30. The third kappa shape index (κ3) is 3.00. The molecule has 3 rings (SSSR count). The Labute approximate surface area is 140 Å². The van der Waals surface area contributed by atoms with Crippen LogP contribution in [0.5, 0.6) is 0 Å². The molecule has 1 aliphatic rings. The van der Waals surface area contributed by atoms with Crippen molar-refractivity contribution in [3.63, 3.8) is 0 Å². The average Bonchev–Trinajstić information content (AvgIpc) is 2.81. The second-order valence-corrected chi connectivity index (χ2v) is 6.90. The Morgan fingerprint density at radius 2 is 2.22 bits per heavy atom. The summed E-state index contributed by atoms with van der Waals surface area (Å²) < 4.78 is 15.8. The molecule has 0 saturated heterocycles. The summed E-state index contributed by atoms with van der Waals surface area (Å²) in [5.74, 6) is -0.213. The average molecular weight is 335 g/mol. The van der Waals surface area contributed by atoms with Gasteiger partial charge in [0, 0.05) is 36.6 Å². The molecule has 0 radical (unpaired) electrons. The number of rotatable bonds is 2. The molecule has 2 aromatic rings. The van der Waals surface area contributed by atoms with E-state index >= 15 is 0 Å². The fourth-order valence-corrected chi connectivity index (χ4v) is 3.49. The standard InChI is InChI=1S/C18H20ClFN2O/c1-10-4-5-12-13(9-22(3)17(12)6-10)18(23)21-16-8-15(20)11(2)7-14(16)19/h4-6,9,14-16H,2,7-8H2,1,3H3,(H,21,23). The van der Waals surface area contributed by atoms with Crippen molar-refractivity contribution in [3.8, 4) is 0 Å². The number of allylic oxidation sites excluding steroid dienone is 1. The van der Waals surface area contributed by atoms with Crippen molar-refractivity contribution in [1.29, 1.82) is 0 Å². The highest BCUT2D eigenvalue weighted by atomic mass is 35.5. The van der Waals surface area contributed by atoms with Gasteiger partial charge in [0.05, 0.1) is 10.9 Å². The summed E-state index contributed by atoms with van der Waals surface area (Å²) >= 11 is 6.27. The maximum atomic E-state index is 13.8. The minimum absolute atomic E-state index is 0.183. The predicted molar refractivity (Wildman–Crippen MR) is 91.8 cm³/mol. The smallest absolute Gasteiger partial charge is 0.253 e. The van der Waals surface area contributed by atoms with Gasteiger partial charge in [0.1, 0.15) is 6.17 Å². The molecule has 1 aromatic heterocycles. The number of nitrogens with one attached hydrogen (secondary N) is 1. The molecular weight excluding hydrogens is 315 g/mol. The largest absolute Gasteiger partial charge is 0.350 e. The van der Waals surface area contributed by atoms with Crippen LogP contribution in [-0.2, 0) is 7.05 Å². The Kier molecular flexibility index (Phi) is 4.19. The van der Waals surface area contributed by atoms with Crippen LogP contribution < -0.4 is 5.32 Å². The predicted octanol–water partition coefficient (Wildman–Crippen LogP) is 3.88. The van der Waals surface area contributed by atoms with Crippen molar-refractivity contribution in [2.45, 2.75) is 37.4 Å². The molecule has 3 atom stereocenters. The van der Waals surface area contributed by atoms with Crippen molar-refractivity contribution in [2.75, 3.05) is 0 Å². The van der Waals surface area contributed by atoms with E-state index in [0.717, 1.165) is 16.5 Å². The lowest BCUT2D eigenvalue weighted by Gasteiger charge is -2.31. The number of aryl methyl sites for hydroxylation is 2. The summed E-state index contributed by atoms with van der Waals surface area (Å²) in [7, 11) is 1.91. The second kappa shape index (κ2) is 6.00. The SMILES string of the molecule is C=C1CC(Cl)C(NC(=O)c2cn(C)c3cc(C)ccc23)CC1F. The zero-order valence-corrected chi connectivity index (χ0v) is 14.0. The molecule has 0 bridgehead atoms. The number of nitrogens with zero attached hydrogens (tertiary/aromatic N) is 1. The van der Waals surface area contributed by atoms with Crippen molar-refractivity contribution in [1.82, 2.24) is 9.88 Å². The lowest BCUT2D eigenvalue weighted by molar-refractivity contribution is 0.0925. The van der Waals surface area contributed by atoms with E-state index in [4.69, 9.17) is 11.6 Å². The van der Waals surface area contributed by atoms with Gasteiger partial charge in [-0.05, 0) is 30.5 Å². The Hall–Kier alpha value is -1.81. The van der Waals surface area contributed by atoms with E-state index in [-0.39, 0.29) is 23.7 Å². The lowest BCUT2D eigenvalue weighted by atomic mass is 9.89. The molecule has 5 heteroatoms. The summed E-state index contributed by atoms with van der Waals surface area (Å²) in [6.45, 7) is 5.71. The molecule has 1 saturated carbocycles. The monoisotopic (exact) mass is 334 g/mol. The highest BCUT2D eigenvalue weighted by molar-refractivity contribution is 6.21. The Morgan fingerprint density at radius 3 is 2.96 bits per heavy atom. The van der Waals surface area contributed by atoms with Crippen molar-refractivity contribution in [2.24, 2.45) is 7.05 Å². The number of amides is 1. The van der Waals surface area contributed by atoms with Crippen LogP contribution in [0.4, 0.5) is 4.39 Å². The minimum atomic E-state index is -1.11. The first-order valence-corrected chi connectivity index (χ1v) is 8.13. The molecular formula is C18H20ClFN2O. The fourth-order valence-electron chi connectivity index (χ4n) is 3.13. The topological polar surface area (TPSA) is 34.0 Å². The number of aromatic nitrogens is 1. The number of halogens is 2. The van der Waals surface area contributed by atoms with Crippen molar-refractivity contribution >= 4 is 28.4 Å². The third-order valence-electron chi connectivity index (χ3n) is 4.50. The van der Waals surface area contributed by atoms with Gasteiger partial charge in [-0.25, -0.2) is 4.39 Å². The van der Waals surface area contributed by atoms with Gasteiger partial charge in [-0.1, -0.05) is 18.7 Å². The van der Waals surface area contributed by atoms with Gasteiger partial charge in [0.15, 0.2) is 0 Å². The quantitative estimate of drug-likeness (QED) is 0.656. The molecule has 0 spiro atoms. The first-order chi connectivity index (χ1) is 10.9. The van der Waals surface area contributed by atoms with Crippen LogP contribution in [0.25, 0.3) is 10.9 Å². The van der Waals surface area contributed by atoms with E-state index in [1.807, 2.05) is 36.7 Å². The summed E-state index contributed by atoms with van der Waals surface area (Å²) in [6.07, 6.45) is 1.27. The summed E-state index contributed by atoms with van der Waals surface area (Å²) in [5, 5.41) is 3.45. The van der Waals surface area contributed by atoms with Gasteiger partial charge in [-0.15, -0.1) is 11.6 Å². The summed E-state index contributed by atoms with van der Waals surface area (Å²) in [6, 6.07) is 5.58. The van der Waals surface area contributed by atoms with Gasteiger partial charge >= 0.3 is 0 Å². The van der Waals surface area contributed by atoms with Crippen molar-refractivity contribution in [3.05, 3.63) is 47.7 Å². The molecule has 3 unspecified atom stereocenters. The molecule has 3 nitrogen and oxygen atoms in total. The molecule has 1 heterocycles. The molecule has 1 aromatic carbocycles. The molecule has 122 valence electrons. The van der Waals surface area contributed by atoms with Crippen LogP contribution >= 0.6 is 11.6 Å². The van der Waals surface area contributed by atoms with E-state index in [0.29, 0.717) is 17.6 Å². The van der Waals surface area contributed by atoms with Crippen LogP contribution in [0.1, 0.15) is 28.8 Å². The molecule has 1 amide bonds. The molecule has 1 fully saturated rings. The van der Waals surface area contributed by atoms with E-state index in [1.165, 1.54) is 0 Å². The number of alkyl halides is 2. The number of fused-ring (bicyclic) bond motifs is 1. The second-order valence-electron chi connectivity index (χ2n) is 6.34. The fraction of sp³-hybridized carbons (Fsp3) is 0.389. The van der Waals surface area contributed by atoms with Crippen LogP contribution in [0.3, 0.4) is 0 Å². The van der Waals surface area contributed by atoms with E-state index in [9.17, 15) is 9.18 Å². The van der Waals surface area contributed by atoms with Crippen LogP contribution in [0.15, 0.2) is 36.5 Å². The minimum Gasteiger partial charge on any atom is -0.350 e. The summed E-state index contributed by atoms with van der Waals surface area (Å²) in [5.41, 5.74) is 3.23. The number of hydrogen-bond acceptors (Lipinski definition) is 1. The van der Waals surface area contributed by atoms with Crippen LogP contribution in [0, 0.1) is 6.92 Å². The van der Waals surface area contributed by atoms with Crippen LogP contribution in [-0.4, -0.2) is 28.1 Å². The summed E-state index contributed by atoms with van der Waals surface area (Å²) in [4.78, 5) is 12.6. The number of carbonyl (C=O) groups excluding carboxylic acids is 1. The number of benzene rings is 1. The van der Waals surface area contributed by atoms with Crippen LogP contribution in [0.2, 0.25) is 0 Å². The third-order valence-corrected chi connectivity index (χ3v) is 4.96. The van der Waals surface area contributed by atoms with E-state index in [2.05, 4.69) is 11.9 Å². The van der Waals surface area contributed by atoms with Gasteiger partial charge in [-0.3, -0.25) is 4.79 Å². The highest BCUT2D eigenvalue weighted by Gasteiger charge is 2.33. The first-order valence-electron chi connectivity index (χ1n) is 7.69. The zero-order valence-electron chi connectivity index (χ0n) is 13.3. The first kappa shape index (κ1) is 16.1. The maximum absolute atomic E-state index is 13.8. The Morgan fingerprint density at radius 1 is 1.48 bits per heavy atom. The van der Waals surface area contributed by atoms with Gasteiger partial charge in [0.25, 0.3) is 5.91 Å². The van der Waals surface area contributed by atoms with Gasteiger partial charge in [0.2, 0.25) is 0 Å². The molecule has 0 aliphatic heterocycles. The molecule has 23 heavy (non-hydrogen) atoms. The van der Waals surface area contributed by atoms with Gasteiger partial charge < -0.3 is 9.88 Å². The normalized spacial score (nSPS) is 24.9. The molecule has 1 N–H and O–H groups in total. The van der Waals surface area contributed by atoms with Gasteiger partial charge in [-0.2, -0.15) is 0 Å². The lowest BCUT2D eigenvalue weighted by Crippen LogP contribution is -2.46. The van der Waals surface area contributed by atoms with E-state index < -0.39 is 6.17 Å². The Balaban J connectivity index is 1.85. The number of hydrogen-bond donors (Lipinski definition) is 1. The van der Waals surface area contributed by atoms with E-state index in [1.54, 1.807) is 6.20 Å². The zero-order chi connectivity index (χ0) is 16.7. The maximum Gasteiger partial charge on any atom is 0.253 e. The molecule has 1 aliphatic carbocycles. The number of carbonyl (C=O) groups is 1. The van der Waals surface area contributed by atoms with Crippen molar-refractivity contribution < 1.29 is 9.18 Å². The Bertz CT molecular complexity index is 783.